The zero-order chi connectivity index (χ0) is 16.0. The molecule has 2 heterocycles. The van der Waals surface area contributed by atoms with E-state index in [1.54, 1.807) is 0 Å². The van der Waals surface area contributed by atoms with E-state index in [0.717, 1.165) is 25.8 Å². The van der Waals surface area contributed by atoms with Gasteiger partial charge in [0, 0.05) is 19.6 Å². The molecule has 10 heteroatoms. The second-order valence-corrected chi connectivity index (χ2v) is 5.98. The first-order chi connectivity index (χ1) is 10.4. The van der Waals surface area contributed by atoms with Crippen LogP contribution in [0.3, 0.4) is 0 Å². The topological polar surface area (TPSA) is 53.6 Å². The Bertz CT molecular complexity index is 362. The van der Waals surface area contributed by atoms with Crippen molar-refractivity contribution in [3.8, 4) is 0 Å². The number of likely N-dealkylation sites (tertiary alicyclic amines) is 1. The van der Waals surface area contributed by atoms with Gasteiger partial charge in [0.15, 0.2) is 0 Å². The number of hydrogen-bond acceptors (Lipinski definition) is 4. The van der Waals surface area contributed by atoms with Crippen molar-refractivity contribution in [2.75, 3.05) is 45.9 Å². The SMILES string of the molecule is Cl.Cl.O=C(NCCC1CCN(CC(F)(F)F)CC1)C1CNCCO1. The van der Waals surface area contributed by atoms with Crippen LogP contribution < -0.4 is 10.6 Å². The molecule has 2 N–H and O–H groups in total. The molecular formula is C14H26Cl2F3N3O2. The largest absolute Gasteiger partial charge is 0.401 e. The number of morpholine rings is 1. The van der Waals surface area contributed by atoms with Gasteiger partial charge in [-0.25, -0.2) is 0 Å². The maximum atomic E-state index is 12.3. The van der Waals surface area contributed by atoms with E-state index >= 15 is 0 Å². The molecule has 5 nitrogen and oxygen atoms in total. The van der Waals surface area contributed by atoms with Crippen LogP contribution in [-0.4, -0.2) is 69.0 Å². The third kappa shape index (κ3) is 8.71. The summed E-state index contributed by atoms with van der Waals surface area (Å²) in [6.45, 7) is 2.53. The zero-order valence-corrected chi connectivity index (χ0v) is 15.1. The van der Waals surface area contributed by atoms with Crippen LogP contribution in [0.15, 0.2) is 0 Å². The average Bonchev–Trinajstić information content (AvgIpc) is 2.48. The number of halogens is 5. The highest BCUT2D eigenvalue weighted by Gasteiger charge is 2.32. The highest BCUT2D eigenvalue weighted by molar-refractivity contribution is 5.85. The van der Waals surface area contributed by atoms with Crippen LogP contribution in [0.4, 0.5) is 13.2 Å². The first-order valence-corrected chi connectivity index (χ1v) is 7.83. The fourth-order valence-corrected chi connectivity index (χ4v) is 2.93. The highest BCUT2D eigenvalue weighted by Crippen LogP contribution is 2.23. The van der Waals surface area contributed by atoms with E-state index in [1.807, 2.05) is 0 Å². The molecule has 144 valence electrons. The van der Waals surface area contributed by atoms with E-state index in [2.05, 4.69) is 10.6 Å². The fourth-order valence-electron chi connectivity index (χ4n) is 2.93. The number of rotatable bonds is 5. The Kier molecular flexibility index (Phi) is 11.2. The summed E-state index contributed by atoms with van der Waals surface area (Å²) in [6.07, 6.45) is -2.22. The van der Waals surface area contributed by atoms with Gasteiger partial charge in [0.05, 0.1) is 13.2 Å². The number of alkyl halides is 3. The van der Waals surface area contributed by atoms with Gasteiger partial charge in [-0.15, -0.1) is 24.8 Å². The van der Waals surface area contributed by atoms with Gasteiger partial charge >= 0.3 is 6.18 Å². The summed E-state index contributed by atoms with van der Waals surface area (Å²) >= 11 is 0. The van der Waals surface area contributed by atoms with Crippen LogP contribution in [0.5, 0.6) is 0 Å². The quantitative estimate of drug-likeness (QED) is 0.742. The van der Waals surface area contributed by atoms with E-state index < -0.39 is 18.8 Å². The number of ether oxygens (including phenoxy) is 1. The van der Waals surface area contributed by atoms with Crippen molar-refractivity contribution in [3.63, 3.8) is 0 Å². The molecule has 2 aliphatic rings. The lowest BCUT2D eigenvalue weighted by Gasteiger charge is -2.32. The number of nitrogens with zero attached hydrogens (tertiary/aromatic N) is 1. The Morgan fingerprint density at radius 2 is 1.92 bits per heavy atom. The first kappa shape index (κ1) is 23.7. The molecule has 2 aliphatic heterocycles. The second kappa shape index (κ2) is 11.4. The lowest BCUT2D eigenvalue weighted by Crippen LogP contribution is -2.48. The monoisotopic (exact) mass is 395 g/mol. The third-order valence-corrected chi connectivity index (χ3v) is 4.18. The van der Waals surface area contributed by atoms with Gasteiger partial charge in [0.1, 0.15) is 6.10 Å². The predicted molar refractivity (Wildman–Crippen MR) is 90.0 cm³/mol. The highest BCUT2D eigenvalue weighted by atomic mass is 35.5. The zero-order valence-electron chi connectivity index (χ0n) is 13.4. The molecule has 0 aromatic rings. The predicted octanol–water partition coefficient (Wildman–Crippen LogP) is 1.60. The molecule has 0 radical (unpaired) electrons. The molecule has 0 aromatic heterocycles. The van der Waals surface area contributed by atoms with E-state index in [-0.39, 0.29) is 30.7 Å². The minimum Gasteiger partial charge on any atom is -0.366 e. The summed E-state index contributed by atoms with van der Waals surface area (Å²) in [6, 6.07) is 0. The fraction of sp³-hybridized carbons (Fsp3) is 0.929. The summed E-state index contributed by atoms with van der Waals surface area (Å²) in [7, 11) is 0. The second-order valence-electron chi connectivity index (χ2n) is 5.98. The van der Waals surface area contributed by atoms with Gasteiger partial charge in [-0.05, 0) is 38.3 Å². The summed E-state index contributed by atoms with van der Waals surface area (Å²) < 4.78 is 42.3. The minimum atomic E-state index is -4.12. The van der Waals surface area contributed by atoms with Crippen LogP contribution in [0.1, 0.15) is 19.3 Å². The molecule has 1 unspecified atom stereocenters. The minimum absolute atomic E-state index is 0. The molecule has 24 heavy (non-hydrogen) atoms. The number of hydrogen-bond donors (Lipinski definition) is 2. The molecule has 1 atom stereocenters. The van der Waals surface area contributed by atoms with Crippen LogP contribution in [0, 0.1) is 5.92 Å². The van der Waals surface area contributed by atoms with Gasteiger partial charge in [-0.2, -0.15) is 13.2 Å². The summed E-state index contributed by atoms with van der Waals surface area (Å²) in [5.41, 5.74) is 0. The van der Waals surface area contributed by atoms with Gasteiger partial charge in [0.25, 0.3) is 0 Å². The van der Waals surface area contributed by atoms with Crippen molar-refractivity contribution in [3.05, 3.63) is 0 Å². The molecule has 0 spiro atoms. The van der Waals surface area contributed by atoms with Crippen LogP contribution >= 0.6 is 24.8 Å². The molecule has 2 rings (SSSR count). The smallest absolute Gasteiger partial charge is 0.366 e. The van der Waals surface area contributed by atoms with Crippen molar-refractivity contribution < 1.29 is 22.7 Å². The molecule has 2 saturated heterocycles. The normalized spacial score (nSPS) is 23.0. The van der Waals surface area contributed by atoms with E-state index in [1.165, 1.54) is 4.90 Å². The number of carbonyl (C=O) groups is 1. The van der Waals surface area contributed by atoms with Crippen molar-refractivity contribution in [2.24, 2.45) is 5.92 Å². The summed E-state index contributed by atoms with van der Waals surface area (Å²) in [5.74, 6) is 0.275. The van der Waals surface area contributed by atoms with E-state index in [0.29, 0.717) is 38.7 Å². The van der Waals surface area contributed by atoms with Crippen LogP contribution in [0.2, 0.25) is 0 Å². The number of carbonyl (C=O) groups excluding carboxylic acids is 1. The summed E-state index contributed by atoms with van der Waals surface area (Å²) in [5, 5.41) is 5.95. The number of nitrogens with one attached hydrogen (secondary N) is 2. The number of amides is 1. The molecular weight excluding hydrogens is 370 g/mol. The van der Waals surface area contributed by atoms with Crippen LogP contribution in [0.25, 0.3) is 0 Å². The lowest BCUT2D eigenvalue weighted by atomic mass is 9.93. The van der Waals surface area contributed by atoms with E-state index in [9.17, 15) is 18.0 Å². The Labute approximate surface area is 152 Å². The molecule has 0 aromatic carbocycles. The Hall–Kier alpha value is -0.280. The third-order valence-electron chi connectivity index (χ3n) is 4.18. The molecule has 0 saturated carbocycles. The Morgan fingerprint density at radius 1 is 1.25 bits per heavy atom. The molecule has 1 amide bonds. The van der Waals surface area contributed by atoms with Crippen molar-refractivity contribution in [2.45, 2.75) is 31.5 Å². The standard InChI is InChI=1S/C14H24F3N3O2.2ClH/c15-14(16,17)10-20-6-2-11(3-7-20)1-4-19-13(21)12-9-18-5-8-22-12;;/h11-12,18H,1-10H2,(H,19,21);2*1H. The molecule has 0 aliphatic carbocycles. The summed E-state index contributed by atoms with van der Waals surface area (Å²) in [4.78, 5) is 13.3. The van der Waals surface area contributed by atoms with Gasteiger partial charge in [-0.3, -0.25) is 9.69 Å². The van der Waals surface area contributed by atoms with E-state index in [4.69, 9.17) is 4.74 Å². The van der Waals surface area contributed by atoms with Gasteiger partial charge in [-0.1, -0.05) is 0 Å². The first-order valence-electron chi connectivity index (χ1n) is 7.83. The average molecular weight is 396 g/mol. The maximum absolute atomic E-state index is 12.3. The Morgan fingerprint density at radius 3 is 2.46 bits per heavy atom. The molecule has 2 fully saturated rings. The van der Waals surface area contributed by atoms with Gasteiger partial charge < -0.3 is 15.4 Å². The van der Waals surface area contributed by atoms with Crippen molar-refractivity contribution >= 4 is 30.7 Å². The van der Waals surface area contributed by atoms with Gasteiger partial charge in [0.2, 0.25) is 5.91 Å². The Balaban J connectivity index is 0.00000264. The van der Waals surface area contributed by atoms with Crippen LogP contribution in [-0.2, 0) is 9.53 Å². The lowest BCUT2D eigenvalue weighted by molar-refractivity contribution is -0.148. The van der Waals surface area contributed by atoms with Crippen molar-refractivity contribution in [1.82, 2.24) is 15.5 Å². The molecule has 0 bridgehead atoms. The van der Waals surface area contributed by atoms with Crippen molar-refractivity contribution in [1.29, 1.82) is 0 Å². The maximum Gasteiger partial charge on any atom is 0.401 e. The number of piperidine rings is 1.